The number of nitrogens with zero attached hydrogens (tertiary/aromatic N) is 2. The highest BCUT2D eigenvalue weighted by molar-refractivity contribution is 7.89. The molecule has 168 valence electrons. The summed E-state index contributed by atoms with van der Waals surface area (Å²) in [6, 6.07) is 2.02. The molecule has 0 saturated carbocycles. The van der Waals surface area contributed by atoms with Crippen LogP contribution in [0.3, 0.4) is 0 Å². The third-order valence-corrected chi connectivity index (χ3v) is 8.35. The van der Waals surface area contributed by atoms with Crippen molar-refractivity contribution in [1.82, 2.24) is 9.21 Å². The molecule has 1 heterocycles. The first-order valence-corrected chi connectivity index (χ1v) is 11.8. The number of sulfonamides is 1. The Morgan fingerprint density at radius 2 is 1.63 bits per heavy atom. The number of amides is 1. The molecule has 0 N–H and O–H groups in total. The van der Waals surface area contributed by atoms with Crippen molar-refractivity contribution in [3.8, 4) is 0 Å². The summed E-state index contributed by atoms with van der Waals surface area (Å²) in [5, 5.41) is 0. The fraction of sp³-hybridized carbons (Fsp3) is 0.636. The number of hydrogen-bond donors (Lipinski definition) is 0. The van der Waals surface area contributed by atoms with Crippen LogP contribution in [0.2, 0.25) is 0 Å². The molecule has 30 heavy (non-hydrogen) atoms. The lowest BCUT2D eigenvalue weighted by molar-refractivity contribution is -0.141. The van der Waals surface area contributed by atoms with Crippen molar-refractivity contribution >= 4 is 21.9 Å². The molecule has 1 saturated heterocycles. The maximum absolute atomic E-state index is 13.4. The summed E-state index contributed by atoms with van der Waals surface area (Å²) in [4.78, 5) is 26.0. The van der Waals surface area contributed by atoms with Crippen LogP contribution in [0.4, 0.5) is 0 Å². The van der Waals surface area contributed by atoms with Crippen LogP contribution in [0.5, 0.6) is 0 Å². The monoisotopic (exact) mass is 438 g/mol. The smallest absolute Gasteiger partial charge is 0.305 e. The SMILES string of the molecule is COC(=O)CCCN(C)C(=O)C1CCN(S(=O)(=O)c2c(C)c(C)cc(C)c2C)CC1. The normalized spacial score (nSPS) is 15.8. The molecule has 7 nitrogen and oxygen atoms in total. The van der Waals surface area contributed by atoms with Crippen LogP contribution in [0.15, 0.2) is 11.0 Å². The molecule has 8 heteroatoms. The predicted molar refractivity (Wildman–Crippen MR) is 116 cm³/mol. The van der Waals surface area contributed by atoms with E-state index in [0.29, 0.717) is 43.8 Å². The summed E-state index contributed by atoms with van der Waals surface area (Å²) >= 11 is 0. The molecule has 2 rings (SSSR count). The van der Waals surface area contributed by atoms with Crippen molar-refractivity contribution in [1.29, 1.82) is 0 Å². The Kier molecular flexibility index (Phi) is 8.05. The van der Waals surface area contributed by atoms with E-state index in [-0.39, 0.29) is 24.2 Å². The average molecular weight is 439 g/mol. The second kappa shape index (κ2) is 9.92. The highest BCUT2D eigenvalue weighted by atomic mass is 32.2. The van der Waals surface area contributed by atoms with Crippen molar-refractivity contribution in [3.63, 3.8) is 0 Å². The van der Waals surface area contributed by atoms with Crippen LogP contribution < -0.4 is 0 Å². The molecular weight excluding hydrogens is 404 g/mol. The molecule has 1 aliphatic heterocycles. The zero-order valence-electron chi connectivity index (χ0n) is 18.9. The molecule has 0 radical (unpaired) electrons. The van der Waals surface area contributed by atoms with Gasteiger partial charge in [-0.15, -0.1) is 0 Å². The molecule has 1 aromatic carbocycles. The highest BCUT2D eigenvalue weighted by Crippen LogP contribution is 2.31. The van der Waals surface area contributed by atoms with E-state index >= 15 is 0 Å². The van der Waals surface area contributed by atoms with Crippen LogP contribution >= 0.6 is 0 Å². The van der Waals surface area contributed by atoms with Gasteiger partial charge in [0.1, 0.15) is 0 Å². The molecule has 0 unspecified atom stereocenters. The van der Waals surface area contributed by atoms with Gasteiger partial charge in [0.05, 0.1) is 12.0 Å². The third-order valence-electron chi connectivity index (χ3n) is 6.18. The van der Waals surface area contributed by atoms with Gasteiger partial charge in [-0.25, -0.2) is 8.42 Å². The number of methoxy groups -OCH3 is 1. The number of esters is 1. The van der Waals surface area contributed by atoms with Crippen molar-refractivity contribution in [2.45, 2.75) is 58.3 Å². The Balaban J connectivity index is 2.03. The van der Waals surface area contributed by atoms with Crippen LogP contribution in [0.1, 0.15) is 47.9 Å². The van der Waals surface area contributed by atoms with Crippen molar-refractivity contribution in [2.24, 2.45) is 5.92 Å². The molecule has 1 amide bonds. The van der Waals surface area contributed by atoms with Gasteiger partial charge in [-0.3, -0.25) is 9.59 Å². The minimum Gasteiger partial charge on any atom is -0.469 e. The maximum Gasteiger partial charge on any atom is 0.305 e. The lowest BCUT2D eigenvalue weighted by Gasteiger charge is -2.33. The molecule has 0 aromatic heterocycles. The van der Waals surface area contributed by atoms with E-state index in [4.69, 9.17) is 0 Å². The lowest BCUT2D eigenvalue weighted by atomic mass is 9.96. The quantitative estimate of drug-likeness (QED) is 0.611. The molecular formula is C22H34N2O5S. The van der Waals surface area contributed by atoms with Gasteiger partial charge in [0, 0.05) is 39.0 Å². The van der Waals surface area contributed by atoms with Crippen molar-refractivity contribution < 1.29 is 22.7 Å². The minimum absolute atomic E-state index is 0.00988. The second-order valence-electron chi connectivity index (χ2n) is 8.21. The van der Waals surface area contributed by atoms with E-state index in [1.165, 1.54) is 11.4 Å². The van der Waals surface area contributed by atoms with E-state index in [2.05, 4.69) is 4.74 Å². The van der Waals surface area contributed by atoms with Gasteiger partial charge in [0.2, 0.25) is 15.9 Å². The molecule has 1 fully saturated rings. The Morgan fingerprint density at radius 1 is 1.10 bits per heavy atom. The van der Waals surface area contributed by atoms with Gasteiger partial charge in [-0.05, 0) is 69.2 Å². The summed E-state index contributed by atoms with van der Waals surface area (Å²) in [5.41, 5.74) is 3.52. The topological polar surface area (TPSA) is 84.0 Å². The van der Waals surface area contributed by atoms with E-state index in [9.17, 15) is 18.0 Å². The van der Waals surface area contributed by atoms with Gasteiger partial charge >= 0.3 is 5.97 Å². The largest absolute Gasteiger partial charge is 0.469 e. The lowest BCUT2D eigenvalue weighted by Crippen LogP contribution is -2.44. The maximum atomic E-state index is 13.4. The number of aryl methyl sites for hydroxylation is 2. The van der Waals surface area contributed by atoms with E-state index in [1.807, 2.05) is 33.8 Å². The summed E-state index contributed by atoms with van der Waals surface area (Å²) < 4.78 is 32.9. The van der Waals surface area contributed by atoms with Crippen LogP contribution in [-0.2, 0) is 24.3 Å². The number of hydrogen-bond acceptors (Lipinski definition) is 5. The average Bonchev–Trinajstić information content (AvgIpc) is 2.71. The highest BCUT2D eigenvalue weighted by Gasteiger charge is 2.35. The Morgan fingerprint density at radius 3 is 2.13 bits per heavy atom. The Bertz CT molecular complexity index is 876. The molecule has 1 aliphatic rings. The summed E-state index contributed by atoms with van der Waals surface area (Å²) in [5.74, 6) is -0.469. The fourth-order valence-corrected chi connectivity index (χ4v) is 6.07. The zero-order valence-corrected chi connectivity index (χ0v) is 19.8. The number of rotatable bonds is 7. The first-order chi connectivity index (χ1) is 14.0. The molecule has 1 aromatic rings. The number of carbonyl (C=O) groups excluding carboxylic acids is 2. The van der Waals surface area contributed by atoms with Crippen molar-refractivity contribution in [2.75, 3.05) is 33.8 Å². The molecule has 0 aliphatic carbocycles. The molecule has 0 atom stereocenters. The molecule has 0 bridgehead atoms. The van der Waals surface area contributed by atoms with Crippen LogP contribution in [0.25, 0.3) is 0 Å². The number of ether oxygens (including phenoxy) is 1. The van der Waals surface area contributed by atoms with Crippen LogP contribution in [-0.4, -0.2) is 63.3 Å². The first-order valence-electron chi connectivity index (χ1n) is 10.4. The van der Waals surface area contributed by atoms with Gasteiger partial charge in [0.25, 0.3) is 0 Å². The third kappa shape index (κ3) is 5.21. The first kappa shape index (κ1) is 24.3. The Hall–Kier alpha value is -1.93. The van der Waals surface area contributed by atoms with E-state index in [0.717, 1.165) is 22.3 Å². The van der Waals surface area contributed by atoms with E-state index < -0.39 is 10.0 Å². The second-order valence-corrected chi connectivity index (χ2v) is 10.1. The van der Waals surface area contributed by atoms with Gasteiger partial charge < -0.3 is 9.64 Å². The fourth-order valence-electron chi connectivity index (χ4n) is 4.02. The minimum atomic E-state index is -3.61. The predicted octanol–water partition coefficient (Wildman–Crippen LogP) is 2.73. The van der Waals surface area contributed by atoms with Gasteiger partial charge in [-0.1, -0.05) is 6.07 Å². The summed E-state index contributed by atoms with van der Waals surface area (Å²) in [7, 11) is -0.533. The van der Waals surface area contributed by atoms with Crippen molar-refractivity contribution in [3.05, 3.63) is 28.3 Å². The Labute approximate surface area is 180 Å². The number of carbonyl (C=O) groups is 2. The number of benzene rings is 1. The zero-order chi connectivity index (χ0) is 22.6. The van der Waals surface area contributed by atoms with E-state index in [1.54, 1.807) is 11.9 Å². The van der Waals surface area contributed by atoms with Gasteiger partial charge in [0.15, 0.2) is 0 Å². The van der Waals surface area contributed by atoms with Crippen LogP contribution in [0, 0.1) is 33.6 Å². The number of piperidine rings is 1. The summed E-state index contributed by atoms with van der Waals surface area (Å²) in [6.07, 6.45) is 1.83. The standard InChI is InChI=1S/C22H34N2O5S/c1-15-14-16(2)18(4)21(17(15)3)30(27,28)24-12-9-19(10-13-24)22(26)23(5)11-7-8-20(25)29-6/h14,19H,7-13H2,1-6H3. The van der Waals surface area contributed by atoms with Gasteiger partial charge in [-0.2, -0.15) is 4.31 Å². The molecule has 0 spiro atoms. The summed E-state index contributed by atoms with van der Waals surface area (Å²) in [6.45, 7) is 8.72.